The van der Waals surface area contributed by atoms with Gasteiger partial charge in [0.15, 0.2) is 5.82 Å². The number of benzene rings is 1. The summed E-state index contributed by atoms with van der Waals surface area (Å²) in [6, 6.07) is 7.69. The van der Waals surface area contributed by atoms with E-state index in [4.69, 9.17) is 16.3 Å². The molecule has 1 aliphatic heterocycles. The molecule has 1 atom stereocenters. The smallest absolute Gasteiger partial charge is 0.253 e. The molecule has 1 aromatic carbocycles. The Bertz CT molecular complexity index is 1290. The van der Waals surface area contributed by atoms with Crippen molar-refractivity contribution >= 4 is 35.0 Å². The van der Waals surface area contributed by atoms with Gasteiger partial charge in [-0.2, -0.15) is 4.98 Å². The number of methoxy groups -OCH3 is 1. The molecular weight excluding hydrogens is 554 g/mol. The fourth-order valence-electron chi connectivity index (χ4n) is 5.67. The quantitative estimate of drug-likeness (QED) is 0.169. The summed E-state index contributed by atoms with van der Waals surface area (Å²) in [7, 11) is 3.28. The second-order valence-electron chi connectivity index (χ2n) is 10.4. The van der Waals surface area contributed by atoms with Crippen molar-refractivity contribution in [2.45, 2.75) is 38.1 Å². The summed E-state index contributed by atoms with van der Waals surface area (Å²) in [4.78, 5) is 26.3. The summed E-state index contributed by atoms with van der Waals surface area (Å²) >= 11 is 6.44. The molecule has 4 rings (SSSR count). The maximum absolute atomic E-state index is 12.3. The molecule has 1 unspecified atom stereocenters. The van der Waals surface area contributed by atoms with Crippen molar-refractivity contribution in [1.82, 2.24) is 25.1 Å². The number of carbonyl (C=O) groups is 1. The molecule has 11 heteroatoms. The number of aliphatic hydroxyl groups excluding tert-OH is 1. The first kappa shape index (κ1) is 31.5. The zero-order valence-corrected chi connectivity index (χ0v) is 25.3. The van der Waals surface area contributed by atoms with Crippen LogP contribution in [0, 0.1) is 0 Å². The van der Waals surface area contributed by atoms with Crippen LogP contribution in [0.25, 0.3) is 0 Å². The summed E-state index contributed by atoms with van der Waals surface area (Å²) < 4.78 is 5.97. The number of piperazine rings is 1. The van der Waals surface area contributed by atoms with Crippen LogP contribution in [0.4, 0.5) is 17.5 Å². The number of hydrogen-bond acceptors (Lipinski definition) is 9. The van der Waals surface area contributed by atoms with Gasteiger partial charge in [-0.15, -0.1) is 0 Å². The first-order chi connectivity index (χ1) is 20.5. The summed E-state index contributed by atoms with van der Waals surface area (Å²) in [5.74, 6) is 1.26. The molecule has 2 heterocycles. The number of aromatic nitrogens is 2. The molecule has 226 valence electrons. The molecule has 1 saturated carbocycles. The number of rotatable bonds is 11. The van der Waals surface area contributed by atoms with Crippen molar-refractivity contribution in [2.24, 2.45) is 0 Å². The van der Waals surface area contributed by atoms with E-state index < -0.39 is 0 Å². The summed E-state index contributed by atoms with van der Waals surface area (Å²) in [6.07, 6.45) is 10.3. The number of anilines is 3. The summed E-state index contributed by atoms with van der Waals surface area (Å²) in [6.45, 7) is 8.98. The highest BCUT2D eigenvalue weighted by atomic mass is 35.5. The lowest BCUT2D eigenvalue weighted by atomic mass is 10.0. The van der Waals surface area contributed by atoms with Crippen LogP contribution in [0.1, 0.15) is 42.5 Å². The third-order valence-electron chi connectivity index (χ3n) is 7.83. The average molecular weight is 596 g/mol. The van der Waals surface area contributed by atoms with E-state index in [1.807, 2.05) is 12.1 Å². The summed E-state index contributed by atoms with van der Waals surface area (Å²) in [5.41, 5.74) is 3.03. The van der Waals surface area contributed by atoms with Crippen molar-refractivity contribution in [2.75, 3.05) is 64.1 Å². The number of nitrogens with one attached hydrogen (secondary N) is 3. The maximum Gasteiger partial charge on any atom is 0.253 e. The molecule has 0 bridgehead atoms. The average Bonchev–Trinajstić information content (AvgIpc) is 3.26. The number of amides is 1. The maximum atomic E-state index is 12.3. The van der Waals surface area contributed by atoms with Crippen LogP contribution in [0.3, 0.4) is 0 Å². The number of carbonyl (C=O) groups excluding carboxylic acids is 1. The zero-order valence-electron chi connectivity index (χ0n) is 24.5. The van der Waals surface area contributed by atoms with Gasteiger partial charge < -0.3 is 25.8 Å². The molecule has 1 aliphatic carbocycles. The Balaban J connectivity index is 1.50. The van der Waals surface area contributed by atoms with Crippen molar-refractivity contribution < 1.29 is 14.6 Å². The van der Waals surface area contributed by atoms with Gasteiger partial charge in [0.2, 0.25) is 5.95 Å². The molecule has 42 heavy (non-hydrogen) atoms. The number of allylic oxidation sites excluding steroid dienone is 3. The van der Waals surface area contributed by atoms with Crippen LogP contribution in [0.2, 0.25) is 5.02 Å². The van der Waals surface area contributed by atoms with Crippen molar-refractivity contribution in [3.63, 3.8) is 0 Å². The fourth-order valence-corrected chi connectivity index (χ4v) is 5.81. The van der Waals surface area contributed by atoms with Crippen LogP contribution in [0.5, 0.6) is 0 Å². The van der Waals surface area contributed by atoms with Crippen molar-refractivity contribution in [3.05, 3.63) is 76.8 Å². The molecule has 0 spiro atoms. The Hall–Kier alpha value is -3.44. The number of hydrogen-bond donors (Lipinski definition) is 4. The van der Waals surface area contributed by atoms with Gasteiger partial charge in [0.25, 0.3) is 5.91 Å². The van der Waals surface area contributed by atoms with E-state index in [2.05, 4.69) is 42.3 Å². The molecule has 2 fully saturated rings. The molecule has 0 radical (unpaired) electrons. The highest BCUT2D eigenvalue weighted by Gasteiger charge is 2.27. The molecule has 2 aromatic rings. The minimum atomic E-state index is -0.219. The van der Waals surface area contributed by atoms with E-state index >= 15 is 0 Å². The second kappa shape index (κ2) is 15.7. The van der Waals surface area contributed by atoms with Gasteiger partial charge in [0.1, 0.15) is 10.8 Å². The second-order valence-corrected chi connectivity index (χ2v) is 10.8. The lowest BCUT2D eigenvalue weighted by molar-refractivity contribution is 0.0783. The van der Waals surface area contributed by atoms with Gasteiger partial charge in [-0.3, -0.25) is 14.6 Å². The van der Waals surface area contributed by atoms with Crippen LogP contribution < -0.4 is 16.0 Å². The SMILES string of the molecule is C=C/C=C(Nc1ncc(Cl)c(Nc2ccccc2C(=O)NC)n1)\C(OC)=C1\CCCC(N2CCN(CCO)CC2)CC1. The van der Waals surface area contributed by atoms with Crippen molar-refractivity contribution in [1.29, 1.82) is 0 Å². The highest BCUT2D eigenvalue weighted by molar-refractivity contribution is 6.33. The Morgan fingerprint density at radius 3 is 2.71 bits per heavy atom. The minimum Gasteiger partial charge on any atom is -0.495 e. The van der Waals surface area contributed by atoms with Crippen LogP contribution >= 0.6 is 11.6 Å². The first-order valence-corrected chi connectivity index (χ1v) is 14.9. The third kappa shape index (κ3) is 8.10. The fraction of sp³-hybridized carbons (Fsp3) is 0.452. The number of para-hydroxylation sites is 1. The van der Waals surface area contributed by atoms with E-state index in [9.17, 15) is 9.90 Å². The lowest BCUT2D eigenvalue weighted by Gasteiger charge is -2.39. The molecule has 2 aliphatic rings. The van der Waals surface area contributed by atoms with E-state index in [1.165, 1.54) is 11.8 Å². The highest BCUT2D eigenvalue weighted by Crippen LogP contribution is 2.32. The third-order valence-corrected chi connectivity index (χ3v) is 8.11. The number of halogens is 1. The number of nitrogens with zero attached hydrogens (tertiary/aromatic N) is 4. The number of aliphatic hydroxyl groups is 1. The van der Waals surface area contributed by atoms with Crippen LogP contribution in [-0.2, 0) is 4.74 Å². The monoisotopic (exact) mass is 595 g/mol. The Labute approximate surface area is 253 Å². The number of β-amino-alcohol motifs (C(OH)–C–C–N with tert-alkyl or cyclic N) is 1. The Kier molecular flexibility index (Phi) is 11.8. The molecule has 4 N–H and O–H groups in total. The van der Waals surface area contributed by atoms with E-state index in [0.29, 0.717) is 34.1 Å². The Morgan fingerprint density at radius 2 is 2.00 bits per heavy atom. The Morgan fingerprint density at radius 1 is 1.21 bits per heavy atom. The largest absolute Gasteiger partial charge is 0.495 e. The van der Waals surface area contributed by atoms with Crippen LogP contribution in [-0.4, -0.2) is 90.3 Å². The van der Waals surface area contributed by atoms with Gasteiger partial charge in [-0.25, -0.2) is 4.98 Å². The zero-order chi connectivity index (χ0) is 29.9. The molecule has 1 aromatic heterocycles. The number of ether oxygens (including phenoxy) is 1. The van der Waals surface area contributed by atoms with Gasteiger partial charge in [-0.05, 0) is 55.9 Å². The molecule has 1 amide bonds. The standard InChI is InChI=1S/C31H42ClN7O3/c1-4-8-27(28(42-3)22-9-7-10-23(14-13-22)39-17-15-38(16-18-39)19-20-40)36-31-34-21-25(32)29(37-31)35-26-12-6-5-11-24(26)30(41)33-2/h4-6,8,11-12,21,23,40H,1,7,9-10,13-20H2,2-3H3,(H,33,41)(H2,34,35,36,37)/b27-8+,28-22+. The topological polar surface area (TPSA) is 115 Å². The molecule has 1 saturated heterocycles. The minimum absolute atomic E-state index is 0.219. The van der Waals surface area contributed by atoms with Gasteiger partial charge in [-0.1, -0.05) is 36.4 Å². The predicted octanol–water partition coefficient (Wildman–Crippen LogP) is 4.56. The van der Waals surface area contributed by atoms with E-state index in [1.54, 1.807) is 38.4 Å². The molecule has 10 nitrogen and oxygen atoms in total. The van der Waals surface area contributed by atoms with E-state index in [-0.39, 0.29) is 12.5 Å². The van der Waals surface area contributed by atoms with Gasteiger partial charge in [0, 0.05) is 45.8 Å². The van der Waals surface area contributed by atoms with Crippen LogP contribution in [0.15, 0.2) is 66.2 Å². The van der Waals surface area contributed by atoms with Gasteiger partial charge in [0.05, 0.1) is 36.9 Å². The lowest BCUT2D eigenvalue weighted by Crippen LogP contribution is -2.50. The first-order valence-electron chi connectivity index (χ1n) is 14.5. The van der Waals surface area contributed by atoms with E-state index in [0.717, 1.165) is 76.3 Å². The normalized spacial score (nSPS) is 19.9. The summed E-state index contributed by atoms with van der Waals surface area (Å²) in [5, 5.41) is 18.7. The predicted molar refractivity (Wildman–Crippen MR) is 168 cm³/mol. The molecular formula is C31H42ClN7O3. The van der Waals surface area contributed by atoms with Crippen molar-refractivity contribution in [3.8, 4) is 0 Å². The van der Waals surface area contributed by atoms with Gasteiger partial charge >= 0.3 is 0 Å².